The van der Waals surface area contributed by atoms with Crippen molar-refractivity contribution in [1.82, 2.24) is 9.97 Å². The van der Waals surface area contributed by atoms with E-state index in [0.717, 1.165) is 5.56 Å². The highest BCUT2D eigenvalue weighted by atomic mass is 16.5. The fourth-order valence-electron chi connectivity index (χ4n) is 2.65. The Morgan fingerprint density at radius 3 is 2.71 bits per heavy atom. The van der Waals surface area contributed by atoms with Crippen molar-refractivity contribution in [3.05, 3.63) is 47.7 Å². The van der Waals surface area contributed by atoms with Crippen molar-refractivity contribution in [2.24, 2.45) is 0 Å². The third kappa shape index (κ3) is 2.82. The van der Waals surface area contributed by atoms with Gasteiger partial charge in [0.25, 0.3) is 0 Å². The Kier molecular flexibility index (Phi) is 4.46. The highest BCUT2D eigenvalue weighted by Crippen LogP contribution is 2.33. The van der Waals surface area contributed by atoms with E-state index < -0.39 is 5.97 Å². The van der Waals surface area contributed by atoms with E-state index in [9.17, 15) is 9.90 Å². The zero-order valence-corrected chi connectivity index (χ0v) is 13.7. The molecule has 0 saturated carbocycles. The minimum Gasteiger partial charge on any atom is -0.506 e. The second kappa shape index (κ2) is 6.70. The number of aliphatic hydroxyl groups excluding tert-OH is 1. The van der Waals surface area contributed by atoms with E-state index in [1.807, 2.05) is 42.2 Å². The molecule has 0 spiro atoms. The molecule has 0 unspecified atom stereocenters. The number of esters is 1. The zero-order valence-electron chi connectivity index (χ0n) is 13.7. The highest BCUT2D eigenvalue weighted by Gasteiger charge is 2.30. The van der Waals surface area contributed by atoms with Crippen LogP contribution in [0.4, 0.5) is 5.82 Å². The largest absolute Gasteiger partial charge is 0.506 e. The lowest BCUT2D eigenvalue weighted by Crippen LogP contribution is -2.34. The molecule has 1 aliphatic rings. The molecule has 1 aromatic carbocycles. The van der Waals surface area contributed by atoms with Gasteiger partial charge in [-0.25, -0.2) is 14.8 Å². The van der Waals surface area contributed by atoms with Crippen LogP contribution in [-0.2, 0) is 9.53 Å². The Morgan fingerprint density at radius 1 is 1.29 bits per heavy atom. The lowest BCUT2D eigenvalue weighted by molar-refractivity contribution is -0.138. The molecule has 2 aromatic rings. The Balaban J connectivity index is 2.07. The number of hydrogen-bond acceptors (Lipinski definition) is 6. The fourth-order valence-corrected chi connectivity index (χ4v) is 2.65. The molecule has 0 bridgehead atoms. The molecule has 3 rings (SSSR count). The van der Waals surface area contributed by atoms with Crippen molar-refractivity contribution in [3.63, 3.8) is 0 Å². The van der Waals surface area contributed by atoms with Crippen molar-refractivity contribution in [3.8, 4) is 11.4 Å². The molecule has 1 aliphatic heterocycles. The smallest absolute Gasteiger partial charge is 0.339 e. The topological polar surface area (TPSA) is 75.5 Å². The number of rotatable bonds is 4. The average molecular weight is 325 g/mol. The molecule has 0 radical (unpaired) electrons. The first-order valence-corrected chi connectivity index (χ1v) is 7.92. The van der Waals surface area contributed by atoms with Crippen LogP contribution in [0, 0.1) is 0 Å². The first kappa shape index (κ1) is 16.0. The minimum absolute atomic E-state index is 0.104. The lowest BCUT2D eigenvalue weighted by atomic mass is 10.0. The molecule has 0 aliphatic carbocycles. The maximum absolute atomic E-state index is 12.1. The monoisotopic (exact) mass is 325 g/mol. The zero-order chi connectivity index (χ0) is 17.1. The summed E-state index contributed by atoms with van der Waals surface area (Å²) in [6.07, 6.45) is 1.56. The van der Waals surface area contributed by atoms with Crippen molar-refractivity contribution >= 4 is 17.5 Å². The van der Waals surface area contributed by atoms with Crippen LogP contribution in [0.25, 0.3) is 17.1 Å². The number of likely N-dealkylation sites (N-methyl/N-ethyl adjacent to an activating group) is 1. The normalized spacial score (nSPS) is 13.7. The van der Waals surface area contributed by atoms with Gasteiger partial charge in [0.05, 0.1) is 24.3 Å². The van der Waals surface area contributed by atoms with Crippen molar-refractivity contribution in [2.45, 2.75) is 13.8 Å². The Labute approximate surface area is 140 Å². The third-order valence-corrected chi connectivity index (χ3v) is 3.89. The summed E-state index contributed by atoms with van der Waals surface area (Å²) in [7, 11) is 0. The first-order chi connectivity index (χ1) is 11.7. The van der Waals surface area contributed by atoms with Gasteiger partial charge in [-0.15, -0.1) is 0 Å². The molecule has 24 heavy (non-hydrogen) atoms. The van der Waals surface area contributed by atoms with Gasteiger partial charge in [0.1, 0.15) is 11.6 Å². The molecule has 2 heterocycles. The van der Waals surface area contributed by atoms with Gasteiger partial charge in [0.15, 0.2) is 5.82 Å². The molecule has 0 amide bonds. The molecule has 6 heteroatoms. The summed E-state index contributed by atoms with van der Waals surface area (Å²) >= 11 is 0. The van der Waals surface area contributed by atoms with Crippen LogP contribution in [-0.4, -0.2) is 40.7 Å². The summed E-state index contributed by atoms with van der Waals surface area (Å²) in [6.45, 7) is 4.88. The van der Waals surface area contributed by atoms with Gasteiger partial charge in [-0.1, -0.05) is 30.3 Å². The maximum Gasteiger partial charge on any atom is 0.339 e. The molecule has 0 atom stereocenters. The van der Waals surface area contributed by atoms with Crippen LogP contribution in [0.2, 0.25) is 0 Å². The number of aromatic nitrogens is 2. The van der Waals surface area contributed by atoms with Gasteiger partial charge < -0.3 is 14.7 Å². The van der Waals surface area contributed by atoms with Crippen molar-refractivity contribution in [1.29, 1.82) is 0 Å². The highest BCUT2D eigenvalue weighted by molar-refractivity contribution is 5.99. The summed E-state index contributed by atoms with van der Waals surface area (Å²) in [5.74, 6) is 0.594. The van der Waals surface area contributed by atoms with Gasteiger partial charge in [-0.3, -0.25) is 0 Å². The summed E-state index contributed by atoms with van der Waals surface area (Å²) < 4.78 is 5.03. The molecule has 1 N–H and O–H groups in total. The molecular formula is C18H19N3O3. The number of carbonyl (C=O) groups is 1. The number of nitrogens with zero attached hydrogens (tertiary/aromatic N) is 3. The number of fused-ring (bicyclic) bond motifs is 1. The van der Waals surface area contributed by atoms with E-state index >= 15 is 0 Å². The third-order valence-electron chi connectivity index (χ3n) is 3.89. The SMILES string of the molecule is CCOC(=O)C1=C(O)c2cnc(-c3ccccc3)nc2N(CC)C1. The molecule has 6 nitrogen and oxygen atoms in total. The van der Waals surface area contributed by atoms with Crippen LogP contribution in [0.3, 0.4) is 0 Å². The van der Waals surface area contributed by atoms with Gasteiger partial charge in [0, 0.05) is 18.3 Å². The van der Waals surface area contributed by atoms with Crippen molar-refractivity contribution < 1.29 is 14.6 Å². The van der Waals surface area contributed by atoms with E-state index in [-0.39, 0.29) is 24.5 Å². The summed E-state index contributed by atoms with van der Waals surface area (Å²) in [5.41, 5.74) is 1.59. The summed E-state index contributed by atoms with van der Waals surface area (Å²) in [4.78, 5) is 22.9. The molecule has 1 aromatic heterocycles. The van der Waals surface area contributed by atoms with E-state index in [4.69, 9.17) is 4.74 Å². The quantitative estimate of drug-likeness (QED) is 0.871. The van der Waals surface area contributed by atoms with E-state index in [0.29, 0.717) is 23.8 Å². The molecule has 124 valence electrons. The number of ether oxygens (including phenoxy) is 1. The maximum atomic E-state index is 12.1. The summed E-state index contributed by atoms with van der Waals surface area (Å²) in [5, 5.41) is 10.5. The van der Waals surface area contributed by atoms with E-state index in [2.05, 4.69) is 9.97 Å². The molecule has 0 saturated heterocycles. The second-order valence-electron chi connectivity index (χ2n) is 5.36. The molecule has 0 fully saturated rings. The number of aliphatic hydroxyl groups is 1. The number of anilines is 1. The van der Waals surface area contributed by atoms with Crippen LogP contribution in [0.15, 0.2) is 42.1 Å². The van der Waals surface area contributed by atoms with Gasteiger partial charge >= 0.3 is 5.97 Å². The lowest BCUT2D eigenvalue weighted by Gasteiger charge is -2.29. The predicted octanol–water partition coefficient (Wildman–Crippen LogP) is 2.82. The minimum atomic E-state index is -0.508. The number of hydrogen-bond donors (Lipinski definition) is 1. The summed E-state index contributed by atoms with van der Waals surface area (Å²) in [6, 6.07) is 9.64. The fraction of sp³-hybridized carbons (Fsp3) is 0.278. The Morgan fingerprint density at radius 2 is 2.04 bits per heavy atom. The van der Waals surface area contributed by atoms with Crippen molar-refractivity contribution in [2.75, 3.05) is 24.6 Å². The van der Waals surface area contributed by atoms with Gasteiger partial charge in [-0.05, 0) is 13.8 Å². The Hall–Kier alpha value is -2.89. The van der Waals surface area contributed by atoms with E-state index in [1.165, 1.54) is 0 Å². The van der Waals surface area contributed by atoms with Crippen LogP contribution in [0.1, 0.15) is 19.4 Å². The second-order valence-corrected chi connectivity index (χ2v) is 5.36. The van der Waals surface area contributed by atoms with E-state index in [1.54, 1.807) is 13.1 Å². The van der Waals surface area contributed by atoms with Crippen LogP contribution < -0.4 is 4.90 Å². The van der Waals surface area contributed by atoms with Gasteiger partial charge in [-0.2, -0.15) is 0 Å². The van der Waals surface area contributed by atoms with Crippen LogP contribution in [0.5, 0.6) is 0 Å². The molecular weight excluding hydrogens is 306 g/mol. The average Bonchev–Trinajstić information content (AvgIpc) is 2.62. The standard InChI is InChI=1S/C18H19N3O3/c1-3-21-11-14(18(23)24-4-2)15(22)13-10-19-16(20-17(13)21)12-8-6-5-7-9-12/h5-10,22H,3-4,11H2,1-2H3. The number of carbonyl (C=O) groups excluding carboxylic acids is 1. The predicted molar refractivity (Wildman–Crippen MR) is 91.5 cm³/mol. The van der Waals surface area contributed by atoms with Gasteiger partial charge in [0.2, 0.25) is 0 Å². The van der Waals surface area contributed by atoms with Crippen LogP contribution >= 0.6 is 0 Å². The first-order valence-electron chi connectivity index (χ1n) is 7.92. The number of benzene rings is 1. The Bertz CT molecular complexity index is 787.